The SMILES string of the molecule is CC(=N)c1cc(C(=O)NCC2(N3CCOCC3)CCCOC2)ccc1N. The van der Waals surface area contributed by atoms with Crippen LogP contribution in [0.1, 0.15) is 35.7 Å². The van der Waals surface area contributed by atoms with Crippen LogP contribution >= 0.6 is 0 Å². The molecule has 7 nitrogen and oxygen atoms in total. The van der Waals surface area contributed by atoms with Crippen LogP contribution in [0.2, 0.25) is 0 Å². The standard InChI is InChI=1S/C19H28N4O3/c1-14(20)16-11-15(3-4-17(16)21)18(24)22-12-19(5-2-8-26-13-19)23-6-9-25-10-7-23/h3-4,11,20H,2,5-10,12-13,21H2,1H3,(H,22,24). The summed E-state index contributed by atoms with van der Waals surface area (Å²) in [4.78, 5) is 15.1. The van der Waals surface area contributed by atoms with Gasteiger partial charge in [0.15, 0.2) is 0 Å². The number of rotatable bonds is 5. The van der Waals surface area contributed by atoms with Crippen molar-refractivity contribution in [3.63, 3.8) is 0 Å². The van der Waals surface area contributed by atoms with Gasteiger partial charge in [0.25, 0.3) is 5.91 Å². The highest BCUT2D eigenvalue weighted by Gasteiger charge is 2.39. The number of amides is 1. The largest absolute Gasteiger partial charge is 0.398 e. The first kappa shape index (κ1) is 18.8. The fraction of sp³-hybridized carbons (Fsp3) is 0.579. The van der Waals surface area contributed by atoms with E-state index in [0.29, 0.717) is 35.7 Å². The summed E-state index contributed by atoms with van der Waals surface area (Å²) < 4.78 is 11.2. The Morgan fingerprint density at radius 3 is 2.73 bits per heavy atom. The van der Waals surface area contributed by atoms with Crippen LogP contribution in [0.25, 0.3) is 0 Å². The van der Waals surface area contributed by atoms with E-state index < -0.39 is 0 Å². The fourth-order valence-electron chi connectivity index (χ4n) is 3.75. The second-order valence-corrected chi connectivity index (χ2v) is 7.09. The molecule has 2 aliphatic heterocycles. The van der Waals surface area contributed by atoms with Crippen LogP contribution in [-0.2, 0) is 9.47 Å². The van der Waals surface area contributed by atoms with Crippen molar-refractivity contribution >= 4 is 17.3 Å². The summed E-state index contributed by atoms with van der Waals surface area (Å²) in [5.74, 6) is -0.147. The van der Waals surface area contributed by atoms with Gasteiger partial charge < -0.3 is 25.9 Å². The molecule has 1 unspecified atom stereocenters. The van der Waals surface area contributed by atoms with Crippen molar-refractivity contribution in [2.75, 3.05) is 51.8 Å². The van der Waals surface area contributed by atoms with E-state index in [1.807, 2.05) is 0 Å². The van der Waals surface area contributed by atoms with Crippen LogP contribution in [0.4, 0.5) is 5.69 Å². The smallest absolute Gasteiger partial charge is 0.251 e. The molecular formula is C19H28N4O3. The van der Waals surface area contributed by atoms with Crippen LogP contribution in [0.15, 0.2) is 18.2 Å². The Hall–Kier alpha value is -1.96. The Morgan fingerprint density at radius 1 is 1.31 bits per heavy atom. The number of anilines is 1. The minimum Gasteiger partial charge on any atom is -0.398 e. The number of benzene rings is 1. The van der Waals surface area contributed by atoms with Crippen molar-refractivity contribution in [3.8, 4) is 0 Å². The van der Waals surface area contributed by atoms with Gasteiger partial charge in [-0.05, 0) is 38.0 Å². The highest BCUT2D eigenvalue weighted by Crippen LogP contribution is 2.27. The molecule has 0 aliphatic carbocycles. The van der Waals surface area contributed by atoms with Crippen LogP contribution in [0.3, 0.4) is 0 Å². The molecule has 4 N–H and O–H groups in total. The fourth-order valence-corrected chi connectivity index (χ4v) is 3.75. The van der Waals surface area contributed by atoms with Crippen LogP contribution in [0.5, 0.6) is 0 Å². The van der Waals surface area contributed by atoms with Crippen molar-refractivity contribution in [2.24, 2.45) is 0 Å². The van der Waals surface area contributed by atoms with Crippen molar-refractivity contribution in [1.82, 2.24) is 10.2 Å². The number of carbonyl (C=O) groups is 1. The summed E-state index contributed by atoms with van der Waals surface area (Å²) in [6.45, 7) is 6.76. The number of ether oxygens (including phenoxy) is 2. The number of hydrogen-bond donors (Lipinski definition) is 3. The molecule has 0 saturated carbocycles. The van der Waals surface area contributed by atoms with Crippen LogP contribution in [0, 0.1) is 5.41 Å². The maximum absolute atomic E-state index is 12.7. The lowest BCUT2D eigenvalue weighted by molar-refractivity contribution is -0.0840. The van der Waals surface area contributed by atoms with Gasteiger partial charge in [-0.15, -0.1) is 0 Å². The molecule has 142 valence electrons. The Morgan fingerprint density at radius 2 is 2.08 bits per heavy atom. The van der Waals surface area contributed by atoms with Crippen molar-refractivity contribution in [2.45, 2.75) is 25.3 Å². The molecule has 1 aromatic carbocycles. The van der Waals surface area contributed by atoms with E-state index in [0.717, 1.165) is 45.8 Å². The van der Waals surface area contributed by atoms with Crippen molar-refractivity contribution in [3.05, 3.63) is 29.3 Å². The average molecular weight is 360 g/mol. The lowest BCUT2D eigenvalue weighted by Gasteiger charge is -2.47. The number of morpholine rings is 1. The van der Waals surface area contributed by atoms with Gasteiger partial charge in [0.05, 0.1) is 25.4 Å². The van der Waals surface area contributed by atoms with E-state index in [2.05, 4.69) is 10.2 Å². The van der Waals surface area contributed by atoms with Gasteiger partial charge in [-0.3, -0.25) is 9.69 Å². The lowest BCUT2D eigenvalue weighted by Crippen LogP contribution is -2.62. The monoisotopic (exact) mass is 360 g/mol. The van der Waals surface area contributed by atoms with E-state index in [1.54, 1.807) is 25.1 Å². The molecule has 2 saturated heterocycles. The van der Waals surface area contributed by atoms with Crippen molar-refractivity contribution in [1.29, 1.82) is 5.41 Å². The summed E-state index contributed by atoms with van der Waals surface area (Å²) in [6.07, 6.45) is 1.99. The van der Waals surface area contributed by atoms with Gasteiger partial charge in [-0.1, -0.05) is 0 Å². The molecule has 2 fully saturated rings. The maximum atomic E-state index is 12.7. The van der Waals surface area contributed by atoms with Gasteiger partial charge in [0, 0.05) is 48.8 Å². The Bertz CT molecular complexity index is 665. The Balaban J connectivity index is 1.71. The molecule has 2 heterocycles. The first-order valence-corrected chi connectivity index (χ1v) is 9.16. The topological polar surface area (TPSA) is 101 Å². The van der Waals surface area contributed by atoms with Gasteiger partial charge in [-0.2, -0.15) is 0 Å². The second-order valence-electron chi connectivity index (χ2n) is 7.09. The van der Waals surface area contributed by atoms with E-state index >= 15 is 0 Å². The quantitative estimate of drug-likeness (QED) is 0.542. The molecule has 0 aromatic heterocycles. The maximum Gasteiger partial charge on any atom is 0.251 e. The van der Waals surface area contributed by atoms with E-state index in [-0.39, 0.29) is 11.4 Å². The average Bonchev–Trinajstić information content (AvgIpc) is 2.67. The zero-order valence-corrected chi connectivity index (χ0v) is 15.3. The molecule has 0 bridgehead atoms. The minimum absolute atomic E-state index is 0.147. The highest BCUT2D eigenvalue weighted by atomic mass is 16.5. The predicted molar refractivity (Wildman–Crippen MR) is 101 cm³/mol. The number of carbonyl (C=O) groups excluding carboxylic acids is 1. The number of nitrogens with one attached hydrogen (secondary N) is 2. The summed E-state index contributed by atoms with van der Waals surface area (Å²) in [6, 6.07) is 5.07. The van der Waals surface area contributed by atoms with Gasteiger partial charge in [0.2, 0.25) is 0 Å². The first-order chi connectivity index (χ1) is 12.5. The number of nitrogens with zero attached hydrogens (tertiary/aromatic N) is 1. The third kappa shape index (κ3) is 4.06. The highest BCUT2D eigenvalue weighted by molar-refractivity contribution is 6.04. The van der Waals surface area contributed by atoms with Gasteiger partial charge in [-0.25, -0.2) is 0 Å². The van der Waals surface area contributed by atoms with E-state index in [4.69, 9.17) is 20.6 Å². The molecule has 1 amide bonds. The molecule has 1 aromatic rings. The second kappa shape index (κ2) is 8.16. The zero-order chi connectivity index (χ0) is 18.6. The predicted octanol–water partition coefficient (Wildman–Crippen LogP) is 1.27. The lowest BCUT2D eigenvalue weighted by atomic mass is 9.89. The van der Waals surface area contributed by atoms with Gasteiger partial charge in [0.1, 0.15) is 0 Å². The van der Waals surface area contributed by atoms with E-state index in [9.17, 15) is 4.79 Å². The van der Waals surface area contributed by atoms with E-state index in [1.165, 1.54) is 0 Å². The van der Waals surface area contributed by atoms with Crippen molar-refractivity contribution < 1.29 is 14.3 Å². The zero-order valence-electron chi connectivity index (χ0n) is 15.3. The van der Waals surface area contributed by atoms with Crippen LogP contribution < -0.4 is 11.1 Å². The molecule has 26 heavy (non-hydrogen) atoms. The summed E-state index contributed by atoms with van der Waals surface area (Å²) in [5.41, 5.74) is 7.70. The third-order valence-corrected chi connectivity index (χ3v) is 5.28. The summed E-state index contributed by atoms with van der Waals surface area (Å²) in [5, 5.41) is 10.9. The minimum atomic E-state index is -0.175. The molecular weight excluding hydrogens is 332 g/mol. The molecule has 0 spiro atoms. The molecule has 3 rings (SSSR count). The Labute approximate surface area is 154 Å². The molecule has 0 radical (unpaired) electrons. The number of nitrogens with two attached hydrogens (primary N) is 1. The normalized spacial score (nSPS) is 24.2. The number of hydrogen-bond acceptors (Lipinski definition) is 6. The van der Waals surface area contributed by atoms with Crippen LogP contribution in [-0.4, -0.2) is 68.1 Å². The first-order valence-electron chi connectivity index (χ1n) is 9.16. The summed E-state index contributed by atoms with van der Waals surface area (Å²) >= 11 is 0. The molecule has 2 aliphatic rings. The molecule has 1 atom stereocenters. The Kier molecular flexibility index (Phi) is 5.90. The third-order valence-electron chi connectivity index (χ3n) is 5.28. The number of nitrogen functional groups attached to an aromatic ring is 1. The summed E-state index contributed by atoms with van der Waals surface area (Å²) in [7, 11) is 0. The van der Waals surface area contributed by atoms with Gasteiger partial charge >= 0.3 is 0 Å². The molecule has 7 heteroatoms.